The Morgan fingerprint density at radius 1 is 1.16 bits per heavy atom. The van der Waals surface area contributed by atoms with Crippen LogP contribution in [0.4, 0.5) is 11.4 Å². The van der Waals surface area contributed by atoms with Gasteiger partial charge in [0.1, 0.15) is 11.0 Å². The van der Waals surface area contributed by atoms with Gasteiger partial charge in [0.25, 0.3) is 0 Å². The van der Waals surface area contributed by atoms with E-state index in [0.29, 0.717) is 36.2 Å². The molecule has 1 heterocycles. The number of para-hydroxylation sites is 2. The van der Waals surface area contributed by atoms with Gasteiger partial charge in [-0.25, -0.2) is 4.99 Å². The molecule has 1 aliphatic rings. The lowest BCUT2D eigenvalue weighted by molar-refractivity contribution is -0.128. The largest absolute Gasteiger partial charge is 0.495 e. The van der Waals surface area contributed by atoms with Crippen LogP contribution in [-0.4, -0.2) is 54.5 Å². The fourth-order valence-electron chi connectivity index (χ4n) is 3.15. The van der Waals surface area contributed by atoms with Crippen LogP contribution in [0.25, 0.3) is 0 Å². The molecule has 3 rings (SSSR count). The minimum atomic E-state index is -0.526. The number of carbonyl (C=O) groups excluding carboxylic acids is 2. The zero-order valence-corrected chi connectivity index (χ0v) is 18.8. The van der Waals surface area contributed by atoms with Crippen molar-refractivity contribution >= 4 is 40.1 Å². The molecule has 1 atom stereocenters. The molecule has 1 N–H and O–H groups in total. The van der Waals surface area contributed by atoms with E-state index in [1.807, 2.05) is 43.3 Å². The third kappa shape index (κ3) is 6.08. The van der Waals surface area contributed by atoms with Gasteiger partial charge in [-0.05, 0) is 37.6 Å². The van der Waals surface area contributed by atoms with Crippen LogP contribution in [0.3, 0.4) is 0 Å². The first kappa shape index (κ1) is 22.8. The lowest BCUT2D eigenvalue weighted by Gasteiger charge is -2.16. The number of nitrogens with one attached hydrogen (secondary N) is 1. The Morgan fingerprint density at radius 2 is 1.90 bits per heavy atom. The molecule has 8 heteroatoms. The number of amides is 2. The summed E-state index contributed by atoms with van der Waals surface area (Å²) in [6.07, 6.45) is 0.741. The summed E-state index contributed by atoms with van der Waals surface area (Å²) in [6.45, 7) is 3.05. The van der Waals surface area contributed by atoms with Crippen molar-refractivity contribution in [3.05, 3.63) is 54.1 Å². The number of anilines is 1. The number of ether oxygens (including phenoxy) is 2. The first-order valence-electron chi connectivity index (χ1n) is 10.1. The zero-order chi connectivity index (χ0) is 22.2. The molecule has 31 heavy (non-hydrogen) atoms. The zero-order valence-electron chi connectivity index (χ0n) is 18.0. The summed E-state index contributed by atoms with van der Waals surface area (Å²) in [4.78, 5) is 32.0. The van der Waals surface area contributed by atoms with Gasteiger partial charge >= 0.3 is 0 Å². The maximum atomic E-state index is 13.0. The topological polar surface area (TPSA) is 80.2 Å². The van der Waals surface area contributed by atoms with Gasteiger partial charge in [-0.3, -0.25) is 14.5 Å². The molecular weight excluding hydrogens is 414 g/mol. The Morgan fingerprint density at radius 3 is 2.61 bits per heavy atom. The normalized spacial score (nSPS) is 17.3. The molecule has 2 amide bonds. The molecule has 1 fully saturated rings. The molecule has 1 aliphatic heterocycles. The number of hydrogen-bond donors (Lipinski definition) is 1. The van der Waals surface area contributed by atoms with Crippen LogP contribution in [0.5, 0.6) is 5.75 Å². The summed E-state index contributed by atoms with van der Waals surface area (Å²) in [7, 11) is 3.18. The number of aliphatic imine (C=N–C) groups is 1. The number of amidine groups is 1. The Hall–Kier alpha value is -2.84. The van der Waals surface area contributed by atoms with Crippen molar-refractivity contribution in [3.63, 3.8) is 0 Å². The summed E-state index contributed by atoms with van der Waals surface area (Å²) in [5.41, 5.74) is 2.50. The number of nitrogens with zero attached hydrogens (tertiary/aromatic N) is 2. The highest BCUT2D eigenvalue weighted by Gasteiger charge is 2.39. The summed E-state index contributed by atoms with van der Waals surface area (Å²) >= 11 is 1.33. The number of hydrogen-bond acceptors (Lipinski definition) is 6. The minimum absolute atomic E-state index is 0.0508. The summed E-state index contributed by atoms with van der Waals surface area (Å²) in [6, 6.07) is 15.0. The van der Waals surface area contributed by atoms with Gasteiger partial charge < -0.3 is 14.8 Å². The SMILES string of the molecule is COCCCN1C(=O)C(CC(=O)Nc2ccccc2OC)SC1=Nc1ccc(C)cc1. The number of methoxy groups -OCH3 is 2. The van der Waals surface area contributed by atoms with Crippen LogP contribution >= 0.6 is 11.8 Å². The van der Waals surface area contributed by atoms with E-state index in [9.17, 15) is 9.59 Å². The molecule has 0 aromatic heterocycles. The van der Waals surface area contributed by atoms with E-state index in [-0.39, 0.29) is 18.2 Å². The summed E-state index contributed by atoms with van der Waals surface area (Å²) in [5.74, 6) is 0.218. The quantitative estimate of drug-likeness (QED) is 0.595. The predicted octanol–water partition coefficient (Wildman–Crippen LogP) is 4.00. The van der Waals surface area contributed by atoms with E-state index < -0.39 is 5.25 Å². The molecule has 164 valence electrons. The average molecular weight is 442 g/mol. The Bertz CT molecular complexity index is 946. The van der Waals surface area contributed by atoms with Crippen molar-refractivity contribution < 1.29 is 19.1 Å². The van der Waals surface area contributed by atoms with Crippen molar-refractivity contribution in [3.8, 4) is 5.75 Å². The van der Waals surface area contributed by atoms with Crippen LogP contribution in [0, 0.1) is 6.92 Å². The molecule has 2 aromatic rings. The van der Waals surface area contributed by atoms with E-state index in [0.717, 1.165) is 11.3 Å². The van der Waals surface area contributed by atoms with Crippen LogP contribution in [-0.2, 0) is 14.3 Å². The van der Waals surface area contributed by atoms with Crippen LogP contribution in [0.1, 0.15) is 18.4 Å². The molecule has 0 bridgehead atoms. The van der Waals surface area contributed by atoms with Gasteiger partial charge in [0.2, 0.25) is 11.8 Å². The van der Waals surface area contributed by atoms with Gasteiger partial charge in [0.05, 0.1) is 18.5 Å². The molecule has 0 radical (unpaired) electrons. The lowest BCUT2D eigenvalue weighted by atomic mass is 10.2. The predicted molar refractivity (Wildman–Crippen MR) is 124 cm³/mol. The van der Waals surface area contributed by atoms with Crippen LogP contribution in [0.2, 0.25) is 0 Å². The second kappa shape index (κ2) is 11.0. The fourth-order valence-corrected chi connectivity index (χ4v) is 4.33. The van der Waals surface area contributed by atoms with Gasteiger partial charge in [-0.1, -0.05) is 41.6 Å². The van der Waals surface area contributed by atoms with Crippen molar-refractivity contribution in [2.75, 3.05) is 32.7 Å². The second-order valence-corrected chi connectivity index (χ2v) is 8.30. The average Bonchev–Trinajstić information content (AvgIpc) is 3.04. The molecule has 7 nitrogen and oxygen atoms in total. The first-order valence-corrected chi connectivity index (χ1v) is 10.9. The van der Waals surface area contributed by atoms with E-state index in [1.54, 1.807) is 31.3 Å². The Balaban J connectivity index is 1.73. The maximum absolute atomic E-state index is 13.0. The highest BCUT2D eigenvalue weighted by Crippen LogP contribution is 2.32. The number of benzene rings is 2. The monoisotopic (exact) mass is 441 g/mol. The Labute approximate surface area is 186 Å². The van der Waals surface area contributed by atoms with E-state index >= 15 is 0 Å². The van der Waals surface area contributed by atoms with Crippen LogP contribution < -0.4 is 10.1 Å². The van der Waals surface area contributed by atoms with Gasteiger partial charge in [0.15, 0.2) is 5.17 Å². The Kier molecular flexibility index (Phi) is 8.08. The smallest absolute Gasteiger partial charge is 0.242 e. The third-order valence-electron chi connectivity index (χ3n) is 4.76. The third-order valence-corrected chi connectivity index (χ3v) is 5.94. The van der Waals surface area contributed by atoms with Gasteiger partial charge in [0, 0.05) is 26.7 Å². The van der Waals surface area contributed by atoms with Crippen molar-refractivity contribution in [1.82, 2.24) is 4.90 Å². The van der Waals surface area contributed by atoms with Crippen molar-refractivity contribution in [1.29, 1.82) is 0 Å². The highest BCUT2D eigenvalue weighted by molar-refractivity contribution is 8.15. The number of carbonyl (C=O) groups is 2. The molecular formula is C23H27N3O4S. The molecule has 1 unspecified atom stereocenters. The number of thioether (sulfide) groups is 1. The number of aryl methyl sites for hydroxylation is 1. The van der Waals surface area contributed by atoms with Gasteiger partial charge in [-0.2, -0.15) is 0 Å². The van der Waals surface area contributed by atoms with Crippen LogP contribution in [0.15, 0.2) is 53.5 Å². The molecule has 0 saturated carbocycles. The molecule has 0 spiro atoms. The number of rotatable bonds is 9. The molecule has 2 aromatic carbocycles. The first-order chi connectivity index (χ1) is 15.0. The van der Waals surface area contributed by atoms with Crippen molar-refractivity contribution in [2.45, 2.75) is 25.0 Å². The second-order valence-electron chi connectivity index (χ2n) is 7.13. The van der Waals surface area contributed by atoms with E-state index in [2.05, 4.69) is 10.3 Å². The van der Waals surface area contributed by atoms with E-state index in [4.69, 9.17) is 9.47 Å². The fraction of sp³-hybridized carbons (Fsp3) is 0.348. The van der Waals surface area contributed by atoms with Crippen molar-refractivity contribution in [2.24, 2.45) is 4.99 Å². The maximum Gasteiger partial charge on any atom is 0.242 e. The molecule has 0 aliphatic carbocycles. The molecule has 1 saturated heterocycles. The summed E-state index contributed by atoms with van der Waals surface area (Å²) in [5, 5.41) is 2.92. The summed E-state index contributed by atoms with van der Waals surface area (Å²) < 4.78 is 10.4. The standard InChI is InChI=1S/C23H27N3O4S/c1-16-9-11-17(12-10-16)24-23-26(13-6-14-29-2)22(28)20(31-23)15-21(27)25-18-7-4-5-8-19(18)30-3/h4-5,7-12,20H,6,13-15H2,1-3H3,(H,25,27). The highest BCUT2D eigenvalue weighted by atomic mass is 32.2. The van der Waals surface area contributed by atoms with Gasteiger partial charge in [-0.15, -0.1) is 0 Å². The lowest BCUT2D eigenvalue weighted by Crippen LogP contribution is -2.34. The van der Waals surface area contributed by atoms with E-state index in [1.165, 1.54) is 11.8 Å². The minimum Gasteiger partial charge on any atom is -0.495 e.